The number of hydrogen-bond acceptors (Lipinski definition) is 2. The average Bonchev–Trinajstić information content (AvgIpc) is 2.40. The molecule has 2 rings (SSSR count). The summed E-state index contributed by atoms with van der Waals surface area (Å²) in [5.74, 6) is -0.600. The monoisotopic (exact) mass is 244 g/mol. The lowest BCUT2D eigenvalue weighted by molar-refractivity contribution is 0.0939. The quantitative estimate of drug-likeness (QED) is 0.902. The molecule has 0 fully saturated rings. The van der Waals surface area contributed by atoms with E-state index in [1.807, 2.05) is 25.1 Å². The van der Waals surface area contributed by atoms with Gasteiger partial charge in [-0.2, -0.15) is 0 Å². The number of benzene rings is 1. The number of amides is 1. The van der Waals surface area contributed by atoms with Crippen LogP contribution in [0.4, 0.5) is 4.39 Å². The van der Waals surface area contributed by atoms with Crippen LogP contribution in [0.15, 0.2) is 48.7 Å². The zero-order valence-electron chi connectivity index (χ0n) is 9.93. The van der Waals surface area contributed by atoms with Crippen LogP contribution in [0.1, 0.15) is 29.0 Å². The Hall–Kier alpha value is -2.23. The van der Waals surface area contributed by atoms with Gasteiger partial charge in [0.1, 0.15) is 5.82 Å². The van der Waals surface area contributed by atoms with E-state index < -0.39 is 0 Å². The molecule has 1 heterocycles. The first-order valence-corrected chi connectivity index (χ1v) is 5.64. The molecule has 1 aromatic heterocycles. The van der Waals surface area contributed by atoms with E-state index in [9.17, 15) is 9.18 Å². The minimum Gasteiger partial charge on any atom is -0.344 e. The molecule has 0 aliphatic rings. The fraction of sp³-hybridized carbons (Fsp3) is 0.143. The van der Waals surface area contributed by atoms with Gasteiger partial charge in [-0.1, -0.05) is 6.07 Å². The molecule has 3 nitrogen and oxygen atoms in total. The molecular formula is C14H13FN2O. The van der Waals surface area contributed by atoms with E-state index in [0.717, 1.165) is 5.69 Å². The van der Waals surface area contributed by atoms with Crippen LogP contribution in [0.25, 0.3) is 0 Å². The Bertz CT molecular complexity index is 525. The van der Waals surface area contributed by atoms with Gasteiger partial charge < -0.3 is 5.32 Å². The summed E-state index contributed by atoms with van der Waals surface area (Å²) in [6.07, 6.45) is 1.68. The van der Waals surface area contributed by atoms with Crippen LogP contribution in [0.2, 0.25) is 0 Å². The van der Waals surface area contributed by atoms with Crippen molar-refractivity contribution in [1.82, 2.24) is 10.3 Å². The first-order valence-electron chi connectivity index (χ1n) is 5.64. The normalized spacial score (nSPS) is 11.9. The van der Waals surface area contributed by atoms with Crippen molar-refractivity contribution < 1.29 is 9.18 Å². The third-order valence-corrected chi connectivity index (χ3v) is 2.59. The molecule has 0 aliphatic heterocycles. The predicted molar refractivity (Wildman–Crippen MR) is 66.5 cm³/mol. The molecule has 1 atom stereocenters. The second-order valence-corrected chi connectivity index (χ2v) is 3.96. The second-order valence-electron chi connectivity index (χ2n) is 3.96. The number of carbonyl (C=O) groups excluding carboxylic acids is 1. The number of hydrogen-bond donors (Lipinski definition) is 1. The van der Waals surface area contributed by atoms with Crippen LogP contribution in [0, 0.1) is 5.82 Å². The van der Waals surface area contributed by atoms with Gasteiger partial charge in [-0.15, -0.1) is 0 Å². The highest BCUT2D eigenvalue weighted by molar-refractivity contribution is 5.94. The number of carbonyl (C=O) groups is 1. The van der Waals surface area contributed by atoms with Crippen molar-refractivity contribution in [2.45, 2.75) is 13.0 Å². The number of pyridine rings is 1. The van der Waals surface area contributed by atoms with Crippen LogP contribution in [0.5, 0.6) is 0 Å². The minimum atomic E-state index is -0.357. The van der Waals surface area contributed by atoms with E-state index in [4.69, 9.17) is 0 Å². The zero-order valence-corrected chi connectivity index (χ0v) is 9.93. The molecule has 2 aromatic rings. The van der Waals surface area contributed by atoms with E-state index in [2.05, 4.69) is 10.3 Å². The van der Waals surface area contributed by atoms with Crippen molar-refractivity contribution in [3.05, 3.63) is 65.7 Å². The highest BCUT2D eigenvalue weighted by atomic mass is 19.1. The topological polar surface area (TPSA) is 42.0 Å². The Labute approximate surface area is 105 Å². The second kappa shape index (κ2) is 5.40. The minimum absolute atomic E-state index is 0.191. The summed E-state index contributed by atoms with van der Waals surface area (Å²) in [6, 6.07) is 10.8. The van der Waals surface area contributed by atoms with E-state index in [-0.39, 0.29) is 17.8 Å². The summed E-state index contributed by atoms with van der Waals surface area (Å²) in [7, 11) is 0. The molecule has 0 aliphatic carbocycles. The van der Waals surface area contributed by atoms with Crippen molar-refractivity contribution in [3.8, 4) is 0 Å². The summed E-state index contributed by atoms with van der Waals surface area (Å²) in [5.41, 5.74) is 1.21. The number of nitrogens with zero attached hydrogens (tertiary/aromatic N) is 1. The van der Waals surface area contributed by atoms with Gasteiger partial charge in [0.2, 0.25) is 0 Å². The summed E-state index contributed by atoms with van der Waals surface area (Å²) in [4.78, 5) is 16.0. The Balaban J connectivity index is 2.06. The Morgan fingerprint density at radius 3 is 2.56 bits per heavy atom. The average molecular weight is 244 g/mol. The van der Waals surface area contributed by atoms with Crippen LogP contribution in [-0.2, 0) is 0 Å². The third-order valence-electron chi connectivity index (χ3n) is 2.59. The van der Waals surface area contributed by atoms with E-state index in [0.29, 0.717) is 5.56 Å². The molecule has 4 heteroatoms. The van der Waals surface area contributed by atoms with Crippen molar-refractivity contribution in [2.75, 3.05) is 0 Å². The van der Waals surface area contributed by atoms with Crippen LogP contribution in [0.3, 0.4) is 0 Å². The summed E-state index contributed by atoms with van der Waals surface area (Å²) >= 11 is 0. The molecule has 1 aromatic carbocycles. The maximum atomic E-state index is 12.7. The zero-order chi connectivity index (χ0) is 13.0. The predicted octanol–water partition coefficient (Wildman–Crippen LogP) is 2.71. The SMILES string of the molecule is CC(NC(=O)c1ccc(F)cc1)c1ccccn1. The van der Waals surface area contributed by atoms with E-state index in [1.165, 1.54) is 24.3 Å². The smallest absolute Gasteiger partial charge is 0.251 e. The number of rotatable bonds is 3. The summed E-state index contributed by atoms with van der Waals surface area (Å²) < 4.78 is 12.7. The third kappa shape index (κ3) is 2.91. The molecule has 1 amide bonds. The fourth-order valence-electron chi connectivity index (χ4n) is 1.59. The summed E-state index contributed by atoms with van der Waals surface area (Å²) in [5, 5.41) is 2.81. The van der Waals surface area contributed by atoms with Gasteiger partial charge in [-0.05, 0) is 43.3 Å². The van der Waals surface area contributed by atoms with E-state index in [1.54, 1.807) is 6.20 Å². The van der Waals surface area contributed by atoms with Gasteiger partial charge in [0, 0.05) is 11.8 Å². The van der Waals surface area contributed by atoms with Crippen molar-refractivity contribution in [1.29, 1.82) is 0 Å². The first kappa shape index (κ1) is 12.2. The highest BCUT2D eigenvalue weighted by Crippen LogP contribution is 2.10. The molecule has 0 saturated carbocycles. The molecule has 1 N–H and O–H groups in total. The molecule has 1 unspecified atom stereocenters. The first-order chi connectivity index (χ1) is 8.66. The molecule has 0 radical (unpaired) electrons. The van der Waals surface area contributed by atoms with Gasteiger partial charge in [-0.3, -0.25) is 9.78 Å². The molecule has 18 heavy (non-hydrogen) atoms. The lowest BCUT2D eigenvalue weighted by Crippen LogP contribution is -2.27. The lowest BCUT2D eigenvalue weighted by Gasteiger charge is -2.13. The maximum absolute atomic E-state index is 12.7. The Morgan fingerprint density at radius 1 is 1.22 bits per heavy atom. The van der Waals surface area contributed by atoms with Crippen molar-refractivity contribution in [2.24, 2.45) is 0 Å². The fourth-order valence-corrected chi connectivity index (χ4v) is 1.59. The number of halogens is 1. The Morgan fingerprint density at radius 2 is 1.94 bits per heavy atom. The van der Waals surface area contributed by atoms with Gasteiger partial charge in [0.25, 0.3) is 5.91 Å². The van der Waals surface area contributed by atoms with Crippen LogP contribution in [-0.4, -0.2) is 10.9 Å². The van der Waals surface area contributed by atoms with Gasteiger partial charge in [0.05, 0.1) is 11.7 Å². The molecular weight excluding hydrogens is 231 g/mol. The lowest BCUT2D eigenvalue weighted by atomic mass is 10.1. The van der Waals surface area contributed by atoms with Gasteiger partial charge in [0.15, 0.2) is 0 Å². The van der Waals surface area contributed by atoms with Crippen molar-refractivity contribution >= 4 is 5.91 Å². The molecule has 0 bridgehead atoms. The van der Waals surface area contributed by atoms with Crippen LogP contribution < -0.4 is 5.32 Å². The maximum Gasteiger partial charge on any atom is 0.251 e. The standard InChI is InChI=1S/C14H13FN2O/c1-10(13-4-2-3-9-16-13)17-14(18)11-5-7-12(15)8-6-11/h2-10H,1H3,(H,17,18). The highest BCUT2D eigenvalue weighted by Gasteiger charge is 2.11. The van der Waals surface area contributed by atoms with E-state index >= 15 is 0 Å². The van der Waals surface area contributed by atoms with Crippen molar-refractivity contribution in [3.63, 3.8) is 0 Å². The molecule has 0 spiro atoms. The summed E-state index contributed by atoms with van der Waals surface area (Å²) in [6.45, 7) is 1.85. The van der Waals surface area contributed by atoms with Crippen LogP contribution >= 0.6 is 0 Å². The van der Waals surface area contributed by atoms with Gasteiger partial charge >= 0.3 is 0 Å². The number of nitrogens with one attached hydrogen (secondary N) is 1. The van der Waals surface area contributed by atoms with Gasteiger partial charge in [-0.25, -0.2) is 4.39 Å². The Kier molecular flexibility index (Phi) is 3.67. The molecule has 0 saturated heterocycles. The number of aromatic nitrogens is 1. The largest absolute Gasteiger partial charge is 0.344 e. The molecule has 92 valence electrons.